The van der Waals surface area contributed by atoms with Crippen LogP contribution in [0.4, 0.5) is 10.5 Å². The third-order valence-corrected chi connectivity index (χ3v) is 3.57. The van der Waals surface area contributed by atoms with Crippen molar-refractivity contribution < 1.29 is 24.2 Å². The van der Waals surface area contributed by atoms with Gasteiger partial charge in [-0.05, 0) is 18.1 Å². The van der Waals surface area contributed by atoms with E-state index in [1.165, 1.54) is 0 Å². The number of ether oxygens (including phenoxy) is 2. The Labute approximate surface area is 128 Å². The molecule has 0 aromatic heterocycles. The number of benzene rings is 1. The zero-order valence-electron chi connectivity index (χ0n) is 12.6. The van der Waals surface area contributed by atoms with Crippen LogP contribution in [0.2, 0.25) is 0 Å². The summed E-state index contributed by atoms with van der Waals surface area (Å²) in [7, 11) is 0. The number of carbonyl (C=O) groups excluding carboxylic acids is 1. The fourth-order valence-electron chi connectivity index (χ4n) is 2.11. The summed E-state index contributed by atoms with van der Waals surface area (Å²) in [5.74, 6) is -0.0313. The van der Waals surface area contributed by atoms with Gasteiger partial charge in [-0.1, -0.05) is 20.3 Å². The molecule has 0 bridgehead atoms. The van der Waals surface area contributed by atoms with E-state index in [4.69, 9.17) is 14.6 Å². The Hall–Kier alpha value is -2.44. The highest BCUT2D eigenvalue weighted by Gasteiger charge is 2.25. The van der Waals surface area contributed by atoms with Crippen LogP contribution in [0.25, 0.3) is 0 Å². The van der Waals surface area contributed by atoms with Crippen molar-refractivity contribution in [1.82, 2.24) is 5.32 Å². The lowest BCUT2D eigenvalue weighted by atomic mass is 9.99. The Morgan fingerprint density at radius 2 is 1.95 bits per heavy atom. The van der Waals surface area contributed by atoms with Gasteiger partial charge in [0.15, 0.2) is 11.5 Å². The van der Waals surface area contributed by atoms with Crippen molar-refractivity contribution in [2.45, 2.75) is 26.3 Å². The SMILES string of the molecule is CC[C@H](C)[C@H](NC(=O)Nc1ccc2c(c1)OCCO2)C(=O)O. The molecule has 3 N–H and O–H groups in total. The Kier molecular flexibility index (Phi) is 5.08. The molecule has 0 aliphatic carbocycles. The van der Waals surface area contributed by atoms with Crippen molar-refractivity contribution in [3.63, 3.8) is 0 Å². The zero-order valence-corrected chi connectivity index (χ0v) is 12.6. The molecule has 0 spiro atoms. The average molecular weight is 308 g/mol. The normalized spacial score (nSPS) is 15.5. The molecule has 0 radical (unpaired) electrons. The number of anilines is 1. The predicted molar refractivity (Wildman–Crippen MR) is 80.5 cm³/mol. The van der Waals surface area contributed by atoms with Crippen LogP contribution in [0.1, 0.15) is 20.3 Å². The first-order valence-electron chi connectivity index (χ1n) is 7.21. The smallest absolute Gasteiger partial charge is 0.326 e. The minimum Gasteiger partial charge on any atom is -0.486 e. The second-order valence-corrected chi connectivity index (χ2v) is 5.16. The molecule has 2 atom stereocenters. The third-order valence-electron chi connectivity index (χ3n) is 3.57. The molecule has 0 unspecified atom stereocenters. The number of urea groups is 1. The summed E-state index contributed by atoms with van der Waals surface area (Å²) in [5.41, 5.74) is 0.509. The summed E-state index contributed by atoms with van der Waals surface area (Å²) < 4.78 is 10.8. The minimum atomic E-state index is -1.05. The highest BCUT2D eigenvalue weighted by molar-refractivity contribution is 5.92. The fraction of sp³-hybridized carbons (Fsp3) is 0.467. The van der Waals surface area contributed by atoms with E-state index in [0.29, 0.717) is 36.8 Å². The van der Waals surface area contributed by atoms with Crippen LogP contribution >= 0.6 is 0 Å². The number of carbonyl (C=O) groups is 2. The maximum atomic E-state index is 12.0. The van der Waals surface area contributed by atoms with Gasteiger partial charge in [0.25, 0.3) is 0 Å². The molecule has 1 heterocycles. The largest absolute Gasteiger partial charge is 0.486 e. The van der Waals surface area contributed by atoms with Crippen LogP contribution < -0.4 is 20.1 Å². The molecular formula is C15H20N2O5. The van der Waals surface area contributed by atoms with E-state index in [2.05, 4.69) is 10.6 Å². The monoisotopic (exact) mass is 308 g/mol. The highest BCUT2D eigenvalue weighted by atomic mass is 16.6. The molecule has 2 amide bonds. The standard InChI is InChI=1S/C15H20N2O5/c1-3-9(2)13(14(18)19)17-15(20)16-10-4-5-11-12(8-10)22-7-6-21-11/h4-5,8-9,13H,3,6-7H2,1-2H3,(H,18,19)(H2,16,17,20)/t9-,13-/m0/s1. The third kappa shape index (κ3) is 3.81. The molecule has 7 nitrogen and oxygen atoms in total. The number of amides is 2. The summed E-state index contributed by atoms with van der Waals surface area (Å²) in [6.45, 7) is 4.61. The van der Waals surface area contributed by atoms with Crippen LogP contribution in [0.5, 0.6) is 11.5 Å². The molecule has 1 aromatic carbocycles. The molecule has 0 saturated heterocycles. The van der Waals surface area contributed by atoms with Gasteiger partial charge in [0.1, 0.15) is 19.3 Å². The number of rotatable bonds is 5. The average Bonchev–Trinajstić information content (AvgIpc) is 2.51. The van der Waals surface area contributed by atoms with Crippen LogP contribution in [0.15, 0.2) is 18.2 Å². The van der Waals surface area contributed by atoms with E-state index in [0.717, 1.165) is 0 Å². The van der Waals surface area contributed by atoms with E-state index >= 15 is 0 Å². The van der Waals surface area contributed by atoms with Crippen molar-refractivity contribution in [2.24, 2.45) is 5.92 Å². The quantitative estimate of drug-likeness (QED) is 0.774. The molecule has 120 valence electrons. The maximum Gasteiger partial charge on any atom is 0.326 e. The number of fused-ring (bicyclic) bond motifs is 1. The number of carboxylic acids is 1. The summed E-state index contributed by atoms with van der Waals surface area (Å²) in [6, 6.07) is 3.53. The van der Waals surface area contributed by atoms with Crippen LogP contribution in [-0.2, 0) is 4.79 Å². The molecule has 0 saturated carbocycles. The first-order valence-corrected chi connectivity index (χ1v) is 7.21. The second kappa shape index (κ2) is 7.02. The molecule has 7 heteroatoms. The number of nitrogens with one attached hydrogen (secondary N) is 2. The van der Waals surface area contributed by atoms with E-state index in [-0.39, 0.29) is 5.92 Å². The predicted octanol–water partition coefficient (Wildman–Crippen LogP) is 2.08. The molecule has 0 fully saturated rings. The van der Waals surface area contributed by atoms with Crippen molar-refractivity contribution in [3.05, 3.63) is 18.2 Å². The lowest BCUT2D eigenvalue weighted by Gasteiger charge is -2.21. The van der Waals surface area contributed by atoms with Gasteiger partial charge in [0, 0.05) is 11.8 Å². The number of hydrogen-bond acceptors (Lipinski definition) is 4. The van der Waals surface area contributed by atoms with Crippen molar-refractivity contribution in [3.8, 4) is 11.5 Å². The summed E-state index contributed by atoms with van der Waals surface area (Å²) in [5, 5.41) is 14.3. The minimum absolute atomic E-state index is 0.163. The van der Waals surface area contributed by atoms with E-state index < -0.39 is 18.0 Å². The number of hydrogen-bond donors (Lipinski definition) is 3. The van der Waals surface area contributed by atoms with Gasteiger partial charge in [-0.2, -0.15) is 0 Å². The highest BCUT2D eigenvalue weighted by Crippen LogP contribution is 2.32. The van der Waals surface area contributed by atoms with Crippen molar-refractivity contribution in [1.29, 1.82) is 0 Å². The Morgan fingerprint density at radius 3 is 2.59 bits per heavy atom. The number of carboxylic acid groups (broad SMARTS) is 1. The molecular weight excluding hydrogens is 288 g/mol. The lowest BCUT2D eigenvalue weighted by molar-refractivity contribution is -0.140. The Bertz CT molecular complexity index is 561. The topological polar surface area (TPSA) is 96.9 Å². The van der Waals surface area contributed by atoms with Crippen LogP contribution in [0.3, 0.4) is 0 Å². The first kappa shape index (κ1) is 15.9. The van der Waals surface area contributed by atoms with Gasteiger partial charge in [-0.15, -0.1) is 0 Å². The molecule has 2 rings (SSSR count). The van der Waals surface area contributed by atoms with Gasteiger partial charge in [0.05, 0.1) is 0 Å². The van der Waals surface area contributed by atoms with Gasteiger partial charge < -0.3 is 25.2 Å². The molecule has 1 aliphatic rings. The fourth-order valence-corrected chi connectivity index (χ4v) is 2.11. The molecule has 1 aromatic rings. The van der Waals surface area contributed by atoms with Gasteiger partial charge in [0.2, 0.25) is 0 Å². The Morgan fingerprint density at radius 1 is 1.27 bits per heavy atom. The van der Waals surface area contributed by atoms with Crippen molar-refractivity contribution in [2.75, 3.05) is 18.5 Å². The summed E-state index contributed by atoms with van der Waals surface area (Å²) >= 11 is 0. The van der Waals surface area contributed by atoms with Crippen molar-refractivity contribution >= 4 is 17.7 Å². The molecule has 22 heavy (non-hydrogen) atoms. The Balaban J connectivity index is 2.00. The lowest BCUT2D eigenvalue weighted by Crippen LogP contribution is -2.46. The van der Waals surface area contributed by atoms with Crippen LogP contribution in [-0.4, -0.2) is 36.4 Å². The summed E-state index contributed by atoms with van der Waals surface area (Å²) in [4.78, 5) is 23.2. The molecule has 1 aliphatic heterocycles. The van der Waals surface area contributed by atoms with Gasteiger partial charge in [-0.25, -0.2) is 9.59 Å². The van der Waals surface area contributed by atoms with Crippen LogP contribution in [0, 0.1) is 5.92 Å². The van der Waals surface area contributed by atoms with Gasteiger partial charge >= 0.3 is 12.0 Å². The van der Waals surface area contributed by atoms with Gasteiger partial charge in [-0.3, -0.25) is 0 Å². The van der Waals surface area contributed by atoms with E-state index in [1.807, 2.05) is 6.92 Å². The summed E-state index contributed by atoms with van der Waals surface area (Å²) in [6.07, 6.45) is 0.654. The first-order chi connectivity index (χ1) is 10.5. The van der Waals surface area contributed by atoms with E-state index in [1.54, 1.807) is 25.1 Å². The van der Waals surface area contributed by atoms with E-state index in [9.17, 15) is 9.59 Å². The second-order valence-electron chi connectivity index (χ2n) is 5.16. The maximum absolute atomic E-state index is 12.0. The zero-order chi connectivity index (χ0) is 16.1. The number of aliphatic carboxylic acids is 1.